The lowest BCUT2D eigenvalue weighted by Gasteiger charge is -2.30. The molecule has 1 heterocycles. The van der Waals surface area contributed by atoms with Crippen LogP contribution < -0.4 is 5.73 Å². The zero-order valence-corrected chi connectivity index (χ0v) is 12.0. The smallest absolute Gasteiger partial charge is 0.133 e. The van der Waals surface area contributed by atoms with Crippen LogP contribution in [-0.4, -0.2) is 30.1 Å². The number of nitrogens with two attached hydrogens (primary N) is 1. The van der Waals surface area contributed by atoms with Gasteiger partial charge in [0.15, 0.2) is 0 Å². The van der Waals surface area contributed by atoms with Crippen LogP contribution in [0.15, 0.2) is 16.7 Å². The Hall–Kier alpha value is -0.840. The second-order valence-corrected chi connectivity index (χ2v) is 5.05. The average Bonchev–Trinajstić information content (AvgIpc) is 2.75. The Morgan fingerprint density at radius 2 is 1.94 bits per heavy atom. The van der Waals surface area contributed by atoms with E-state index in [2.05, 4.69) is 32.6 Å². The maximum absolute atomic E-state index is 5.66. The van der Waals surface area contributed by atoms with Crippen molar-refractivity contribution in [2.75, 3.05) is 13.2 Å². The van der Waals surface area contributed by atoms with Crippen molar-refractivity contribution < 1.29 is 9.15 Å². The molecule has 4 nitrogen and oxygen atoms in total. The van der Waals surface area contributed by atoms with Gasteiger partial charge in [-0.2, -0.15) is 0 Å². The van der Waals surface area contributed by atoms with Crippen LogP contribution in [0.1, 0.15) is 39.0 Å². The number of hydrogen-bond donors (Lipinski definition) is 1. The lowest BCUT2D eigenvalue weighted by atomic mass is 10.2. The summed E-state index contributed by atoms with van der Waals surface area (Å²) < 4.78 is 11.0. The fraction of sp³-hybridized carbons (Fsp3) is 0.714. The van der Waals surface area contributed by atoms with E-state index in [0.717, 1.165) is 17.9 Å². The molecule has 2 N–H and O–H groups in total. The highest BCUT2D eigenvalue weighted by Gasteiger charge is 2.13. The van der Waals surface area contributed by atoms with Gasteiger partial charge in [0, 0.05) is 30.7 Å². The van der Waals surface area contributed by atoms with Crippen molar-refractivity contribution in [3.05, 3.63) is 23.7 Å². The monoisotopic (exact) mass is 254 g/mol. The van der Waals surface area contributed by atoms with E-state index in [1.807, 2.05) is 6.07 Å². The predicted molar refractivity (Wildman–Crippen MR) is 73.2 cm³/mol. The topological polar surface area (TPSA) is 51.6 Å². The molecule has 4 heteroatoms. The maximum atomic E-state index is 5.66. The van der Waals surface area contributed by atoms with Crippen molar-refractivity contribution >= 4 is 0 Å². The molecule has 0 radical (unpaired) electrons. The second-order valence-electron chi connectivity index (χ2n) is 5.05. The number of ether oxygens (including phenoxy) is 1. The molecule has 1 rings (SSSR count). The Morgan fingerprint density at radius 3 is 2.50 bits per heavy atom. The highest BCUT2D eigenvalue weighted by Crippen LogP contribution is 2.11. The zero-order valence-electron chi connectivity index (χ0n) is 12.0. The Bertz CT molecular complexity index is 326. The van der Waals surface area contributed by atoms with E-state index in [1.165, 1.54) is 0 Å². The first-order chi connectivity index (χ1) is 8.56. The van der Waals surface area contributed by atoms with Crippen LogP contribution in [0.5, 0.6) is 0 Å². The summed E-state index contributed by atoms with van der Waals surface area (Å²) in [6, 6.07) is 2.97. The second kappa shape index (κ2) is 7.56. The van der Waals surface area contributed by atoms with Crippen LogP contribution in [0.3, 0.4) is 0 Å². The summed E-state index contributed by atoms with van der Waals surface area (Å²) >= 11 is 0. The van der Waals surface area contributed by atoms with Gasteiger partial charge in [0.05, 0.1) is 12.9 Å². The minimum Gasteiger partial charge on any atom is -0.467 e. The van der Waals surface area contributed by atoms with Gasteiger partial charge in [-0.15, -0.1) is 0 Å². The van der Waals surface area contributed by atoms with Gasteiger partial charge in [-0.1, -0.05) is 0 Å². The summed E-state index contributed by atoms with van der Waals surface area (Å²) in [6.07, 6.45) is 1.66. The number of rotatable bonds is 8. The van der Waals surface area contributed by atoms with Crippen molar-refractivity contribution in [1.29, 1.82) is 0 Å². The van der Waals surface area contributed by atoms with Gasteiger partial charge >= 0.3 is 0 Å². The summed E-state index contributed by atoms with van der Waals surface area (Å²) in [5.41, 5.74) is 6.63. The molecule has 0 aliphatic rings. The summed E-state index contributed by atoms with van der Waals surface area (Å²) in [4.78, 5) is 2.41. The van der Waals surface area contributed by atoms with Gasteiger partial charge in [0.2, 0.25) is 0 Å². The van der Waals surface area contributed by atoms with Gasteiger partial charge < -0.3 is 14.9 Å². The zero-order chi connectivity index (χ0) is 13.5. The van der Waals surface area contributed by atoms with Crippen molar-refractivity contribution in [1.82, 2.24) is 4.90 Å². The van der Waals surface area contributed by atoms with Gasteiger partial charge in [0.1, 0.15) is 12.4 Å². The van der Waals surface area contributed by atoms with Crippen LogP contribution in [0.25, 0.3) is 0 Å². The van der Waals surface area contributed by atoms with Crippen molar-refractivity contribution in [3.8, 4) is 0 Å². The molecule has 18 heavy (non-hydrogen) atoms. The third-order valence-corrected chi connectivity index (χ3v) is 3.11. The summed E-state index contributed by atoms with van der Waals surface area (Å²) in [6.45, 7) is 11.5. The van der Waals surface area contributed by atoms with E-state index in [4.69, 9.17) is 14.9 Å². The molecule has 0 aliphatic carbocycles. The fourth-order valence-electron chi connectivity index (χ4n) is 2.12. The highest BCUT2D eigenvalue weighted by atomic mass is 16.5. The molecule has 0 fully saturated rings. The molecule has 0 spiro atoms. The molecule has 104 valence electrons. The summed E-state index contributed by atoms with van der Waals surface area (Å²) in [5, 5.41) is 0. The summed E-state index contributed by atoms with van der Waals surface area (Å²) in [5.74, 6) is 0.846. The Kier molecular flexibility index (Phi) is 6.39. The lowest BCUT2D eigenvalue weighted by molar-refractivity contribution is 0.0617. The molecule has 0 aromatic carbocycles. The van der Waals surface area contributed by atoms with E-state index in [9.17, 15) is 0 Å². The molecule has 0 saturated carbocycles. The quantitative estimate of drug-likeness (QED) is 0.724. The van der Waals surface area contributed by atoms with Crippen LogP contribution >= 0.6 is 0 Å². The first kappa shape index (κ1) is 15.2. The predicted octanol–water partition coefficient (Wildman–Crippen LogP) is 2.37. The van der Waals surface area contributed by atoms with Gasteiger partial charge in [-0.25, -0.2) is 0 Å². The molecule has 0 bridgehead atoms. The van der Waals surface area contributed by atoms with Crippen molar-refractivity contribution in [3.63, 3.8) is 0 Å². The third-order valence-electron chi connectivity index (χ3n) is 3.11. The highest BCUT2D eigenvalue weighted by molar-refractivity contribution is 5.15. The van der Waals surface area contributed by atoms with Crippen molar-refractivity contribution in [2.45, 2.75) is 52.9 Å². The number of hydrogen-bond acceptors (Lipinski definition) is 4. The third kappa shape index (κ3) is 4.44. The van der Waals surface area contributed by atoms with Gasteiger partial charge in [-0.05, 0) is 33.8 Å². The van der Waals surface area contributed by atoms with E-state index >= 15 is 0 Å². The lowest BCUT2D eigenvalue weighted by Crippen LogP contribution is -2.39. The molecule has 0 atom stereocenters. The van der Waals surface area contributed by atoms with Crippen LogP contribution in [0.2, 0.25) is 0 Å². The van der Waals surface area contributed by atoms with Gasteiger partial charge in [0.25, 0.3) is 0 Å². The molecule has 0 aliphatic heterocycles. The average molecular weight is 254 g/mol. The van der Waals surface area contributed by atoms with Gasteiger partial charge in [-0.3, -0.25) is 4.90 Å². The van der Waals surface area contributed by atoms with Crippen LogP contribution in [0, 0.1) is 0 Å². The minimum atomic E-state index is 0.499. The van der Waals surface area contributed by atoms with E-state index < -0.39 is 0 Å². The largest absolute Gasteiger partial charge is 0.467 e. The fourth-order valence-corrected chi connectivity index (χ4v) is 2.12. The van der Waals surface area contributed by atoms with Crippen molar-refractivity contribution in [2.24, 2.45) is 5.73 Å². The van der Waals surface area contributed by atoms with Crippen LogP contribution in [-0.2, 0) is 17.9 Å². The molecular weight excluding hydrogens is 228 g/mol. The Balaban J connectivity index is 2.30. The van der Waals surface area contributed by atoms with E-state index in [0.29, 0.717) is 31.8 Å². The molecule has 0 amide bonds. The standard InChI is InChI=1S/C14H26N2O2/c1-11(2)16(12(3)4)6-8-17-10-14-13(9-15)5-7-18-14/h5,7,11-12H,6,8-10,15H2,1-4H3. The Labute approximate surface area is 110 Å². The molecule has 0 saturated heterocycles. The SMILES string of the molecule is CC(C)N(CCOCc1occc1CN)C(C)C. The molecule has 1 aromatic heterocycles. The molecule has 1 aromatic rings. The molecule has 0 unspecified atom stereocenters. The normalized spacial score (nSPS) is 12.0. The first-order valence-electron chi connectivity index (χ1n) is 6.65. The van der Waals surface area contributed by atoms with E-state index in [1.54, 1.807) is 6.26 Å². The first-order valence-corrected chi connectivity index (χ1v) is 6.65. The molecular formula is C14H26N2O2. The van der Waals surface area contributed by atoms with E-state index in [-0.39, 0.29) is 0 Å². The minimum absolute atomic E-state index is 0.499. The van der Waals surface area contributed by atoms with Crippen LogP contribution in [0.4, 0.5) is 0 Å². The number of nitrogens with zero attached hydrogens (tertiary/aromatic N) is 1. The Morgan fingerprint density at radius 1 is 1.28 bits per heavy atom. The number of furan rings is 1. The summed E-state index contributed by atoms with van der Waals surface area (Å²) in [7, 11) is 0. The maximum Gasteiger partial charge on any atom is 0.133 e.